The molecule has 0 saturated carbocycles. The van der Waals surface area contributed by atoms with E-state index < -0.39 is 26.8 Å². The summed E-state index contributed by atoms with van der Waals surface area (Å²) in [4.78, 5) is 25.2. The van der Waals surface area contributed by atoms with E-state index in [0.29, 0.717) is 0 Å². The number of hydrogen-bond donors (Lipinski definition) is 6. The van der Waals surface area contributed by atoms with E-state index in [1.54, 1.807) is 0 Å². The van der Waals surface area contributed by atoms with Crippen LogP contribution in [0.5, 0.6) is 0 Å². The number of imidazole rings is 1. The Bertz CT molecular complexity index is 315. The fourth-order valence-electron chi connectivity index (χ4n) is 0.719. The van der Waals surface area contributed by atoms with Gasteiger partial charge in [0.1, 0.15) is 6.10 Å². The summed E-state index contributed by atoms with van der Waals surface area (Å²) in [7, 11) is -4.64. The van der Waals surface area contributed by atoms with E-state index in [0.717, 1.165) is 0 Å². The summed E-state index contributed by atoms with van der Waals surface area (Å²) in [6, 6.07) is 0. The van der Waals surface area contributed by atoms with Gasteiger partial charge in [-0.15, -0.1) is 0 Å². The molecule has 0 bridgehead atoms. The molecule has 0 amide bonds. The summed E-state index contributed by atoms with van der Waals surface area (Å²) in [5.74, 6) is 0. The minimum atomic E-state index is -4.64. The molecule has 16 heavy (non-hydrogen) atoms. The van der Waals surface area contributed by atoms with Crippen LogP contribution < -0.4 is 0 Å². The molecule has 2 atom stereocenters. The lowest BCUT2D eigenvalue weighted by atomic mass is 10.3. The molecule has 0 aliphatic carbocycles. The molecular weight excluding hydrogens is 243 g/mol. The molecular formula is C6H13N2O7P. The normalized spacial score (nSPS) is 14.9. The molecule has 1 aromatic heterocycles. The molecule has 1 aromatic rings. The average molecular weight is 256 g/mol. The molecule has 2 unspecified atom stereocenters. The largest absolute Gasteiger partial charge is 0.466 e. The summed E-state index contributed by atoms with van der Waals surface area (Å²) in [6.07, 6.45) is 2.06. The van der Waals surface area contributed by atoms with Gasteiger partial charge in [0, 0.05) is 12.4 Å². The van der Waals surface area contributed by atoms with Crippen molar-refractivity contribution in [1.29, 1.82) is 0 Å². The molecule has 0 fully saturated rings. The van der Waals surface area contributed by atoms with Gasteiger partial charge in [-0.3, -0.25) is 0 Å². The van der Waals surface area contributed by atoms with Crippen molar-refractivity contribution >= 4 is 7.82 Å². The highest BCUT2D eigenvalue weighted by Crippen LogP contribution is 2.25. The summed E-state index contributed by atoms with van der Waals surface area (Å²) >= 11 is 0. The van der Waals surface area contributed by atoms with Gasteiger partial charge in [-0.05, 0) is 0 Å². The fourth-order valence-corrected chi connectivity index (χ4v) is 0.719. The van der Waals surface area contributed by atoms with Crippen LogP contribution in [0.3, 0.4) is 0 Å². The van der Waals surface area contributed by atoms with Gasteiger partial charge in [-0.2, -0.15) is 0 Å². The molecule has 0 aliphatic heterocycles. The topological polar surface area (TPSA) is 156 Å². The third kappa shape index (κ3) is 7.49. The van der Waals surface area contributed by atoms with Crippen LogP contribution in [0.15, 0.2) is 18.7 Å². The lowest BCUT2D eigenvalue weighted by Gasteiger charge is -2.15. The molecule has 0 spiro atoms. The zero-order valence-corrected chi connectivity index (χ0v) is 8.92. The van der Waals surface area contributed by atoms with Gasteiger partial charge in [-0.1, -0.05) is 0 Å². The number of aliphatic hydroxyl groups is 3. The Hall–Kier alpha value is -0.800. The van der Waals surface area contributed by atoms with Crippen molar-refractivity contribution in [3.8, 4) is 0 Å². The van der Waals surface area contributed by atoms with Gasteiger partial charge < -0.3 is 34.6 Å². The first-order chi connectivity index (χ1) is 7.25. The van der Waals surface area contributed by atoms with Crippen molar-refractivity contribution in [2.75, 3.05) is 6.61 Å². The van der Waals surface area contributed by atoms with Gasteiger partial charge in [0.05, 0.1) is 12.9 Å². The van der Waals surface area contributed by atoms with Crippen molar-refractivity contribution in [3.05, 3.63) is 18.7 Å². The zero-order valence-electron chi connectivity index (χ0n) is 8.03. The molecule has 0 radical (unpaired) electrons. The van der Waals surface area contributed by atoms with Gasteiger partial charge in [0.25, 0.3) is 0 Å². The van der Waals surface area contributed by atoms with Crippen LogP contribution in [-0.2, 0) is 4.57 Å². The van der Waals surface area contributed by atoms with Gasteiger partial charge in [-0.25, -0.2) is 9.55 Å². The Morgan fingerprint density at radius 2 is 1.81 bits per heavy atom. The van der Waals surface area contributed by atoms with Crippen molar-refractivity contribution in [2.45, 2.75) is 12.3 Å². The quantitative estimate of drug-likeness (QED) is 0.332. The van der Waals surface area contributed by atoms with Crippen LogP contribution >= 0.6 is 7.82 Å². The molecule has 1 heterocycles. The van der Waals surface area contributed by atoms with E-state index in [1.165, 1.54) is 23.3 Å². The first-order valence-corrected chi connectivity index (χ1v) is 5.55. The van der Waals surface area contributed by atoms with E-state index in [1.807, 2.05) is 0 Å². The number of rotatable bonds is 3. The van der Waals surface area contributed by atoms with Crippen LogP contribution in [0.2, 0.25) is 0 Å². The van der Waals surface area contributed by atoms with Gasteiger partial charge >= 0.3 is 7.82 Å². The molecule has 0 aromatic carbocycles. The minimum Gasteiger partial charge on any atom is -0.394 e. The molecule has 1 rings (SSSR count). The van der Waals surface area contributed by atoms with Crippen molar-refractivity contribution in [3.63, 3.8) is 0 Å². The van der Waals surface area contributed by atoms with E-state index in [4.69, 9.17) is 29.5 Å². The number of phosphoric acid groups is 1. The van der Waals surface area contributed by atoms with Crippen LogP contribution in [0, 0.1) is 0 Å². The molecule has 94 valence electrons. The van der Waals surface area contributed by atoms with Crippen LogP contribution in [0.1, 0.15) is 6.23 Å². The van der Waals surface area contributed by atoms with Crippen molar-refractivity contribution in [2.24, 2.45) is 0 Å². The van der Waals surface area contributed by atoms with E-state index >= 15 is 0 Å². The van der Waals surface area contributed by atoms with Crippen LogP contribution in [-0.4, -0.2) is 52.3 Å². The lowest BCUT2D eigenvalue weighted by Crippen LogP contribution is -2.26. The average Bonchev–Trinajstić information content (AvgIpc) is 2.65. The van der Waals surface area contributed by atoms with E-state index in [9.17, 15) is 5.11 Å². The predicted molar refractivity (Wildman–Crippen MR) is 50.8 cm³/mol. The number of aromatic nitrogens is 2. The van der Waals surface area contributed by atoms with Crippen LogP contribution in [0.25, 0.3) is 0 Å². The highest BCUT2D eigenvalue weighted by Gasteiger charge is 2.15. The summed E-state index contributed by atoms with van der Waals surface area (Å²) < 4.78 is 10.2. The second-order valence-corrected chi connectivity index (χ2v) is 3.71. The third-order valence-electron chi connectivity index (χ3n) is 1.36. The minimum absolute atomic E-state index is 0.473. The Morgan fingerprint density at radius 3 is 2.12 bits per heavy atom. The second-order valence-electron chi connectivity index (χ2n) is 2.69. The fraction of sp³-hybridized carbons (Fsp3) is 0.500. The highest BCUT2D eigenvalue weighted by atomic mass is 31.2. The maximum Gasteiger partial charge on any atom is 0.466 e. The maximum atomic E-state index is 9.19. The number of aliphatic hydroxyl groups excluding tert-OH is 3. The van der Waals surface area contributed by atoms with Gasteiger partial charge in [0.15, 0.2) is 6.23 Å². The monoisotopic (exact) mass is 256 g/mol. The van der Waals surface area contributed by atoms with Crippen molar-refractivity contribution < 1.29 is 34.6 Å². The Balaban J connectivity index is 0.000000385. The van der Waals surface area contributed by atoms with E-state index in [2.05, 4.69) is 4.98 Å². The summed E-state index contributed by atoms with van der Waals surface area (Å²) in [6.45, 7) is -0.473. The first-order valence-electron chi connectivity index (χ1n) is 3.98. The third-order valence-corrected chi connectivity index (χ3v) is 1.36. The SMILES string of the molecule is O=P(O)(O)O.OCC(O)C(O)n1ccnc1. The first kappa shape index (κ1) is 15.2. The lowest BCUT2D eigenvalue weighted by molar-refractivity contribution is -0.0537. The standard InChI is InChI=1S/C6H10N2O3.H3O4P/c9-3-5(10)6(11)8-2-1-7-4-8;1-5(2,3)4/h1-2,4-6,9-11H,3H2;(H3,1,2,3,4). The summed E-state index contributed by atoms with van der Waals surface area (Å²) in [5, 5.41) is 26.6. The molecule has 0 aliphatic rings. The molecule has 6 N–H and O–H groups in total. The van der Waals surface area contributed by atoms with Gasteiger partial charge in [0.2, 0.25) is 0 Å². The summed E-state index contributed by atoms with van der Waals surface area (Å²) in [5.41, 5.74) is 0. The van der Waals surface area contributed by atoms with Crippen LogP contribution in [0.4, 0.5) is 0 Å². The maximum absolute atomic E-state index is 9.19. The zero-order chi connectivity index (χ0) is 12.8. The predicted octanol–water partition coefficient (Wildman–Crippen LogP) is -2.20. The van der Waals surface area contributed by atoms with E-state index in [-0.39, 0.29) is 0 Å². The smallest absolute Gasteiger partial charge is 0.394 e. The molecule has 9 nitrogen and oxygen atoms in total. The molecule has 10 heteroatoms. The number of nitrogens with zero attached hydrogens (tertiary/aromatic N) is 2. The Morgan fingerprint density at radius 1 is 1.31 bits per heavy atom. The molecule has 0 saturated heterocycles. The Labute approximate surface area is 90.5 Å². The highest BCUT2D eigenvalue weighted by molar-refractivity contribution is 7.45. The number of hydrogen-bond acceptors (Lipinski definition) is 5. The Kier molecular flexibility index (Phi) is 6.38. The van der Waals surface area contributed by atoms with Crippen molar-refractivity contribution in [1.82, 2.24) is 9.55 Å². The second kappa shape index (κ2) is 6.71.